The second kappa shape index (κ2) is 9.19. The number of hydrogen-bond donors (Lipinski definition) is 1. The lowest BCUT2D eigenvalue weighted by molar-refractivity contribution is 0.551. The van der Waals surface area contributed by atoms with Gasteiger partial charge in [-0.15, -0.1) is 0 Å². The van der Waals surface area contributed by atoms with Crippen LogP contribution in [0.2, 0.25) is 0 Å². The third-order valence-corrected chi connectivity index (χ3v) is 3.93. The Balaban J connectivity index is 2.48. The Bertz CT molecular complexity index is 367. The molecule has 114 valence electrons. The Morgan fingerprint density at radius 2 is 1.90 bits per heavy atom. The molecule has 0 aliphatic carbocycles. The van der Waals surface area contributed by atoms with Gasteiger partial charge in [-0.3, -0.25) is 0 Å². The summed E-state index contributed by atoms with van der Waals surface area (Å²) < 4.78 is 0. The molecule has 1 aromatic rings. The van der Waals surface area contributed by atoms with Gasteiger partial charge in [0.2, 0.25) is 5.95 Å². The van der Waals surface area contributed by atoms with Crippen LogP contribution in [0.4, 0.5) is 5.95 Å². The first-order valence-corrected chi connectivity index (χ1v) is 8.67. The summed E-state index contributed by atoms with van der Waals surface area (Å²) in [5.74, 6) is 2.65. The first kappa shape index (κ1) is 17.2. The molecule has 4 nitrogen and oxygen atoms in total. The van der Waals surface area contributed by atoms with Crippen molar-refractivity contribution in [3.8, 4) is 0 Å². The maximum atomic E-state index is 4.47. The molecule has 0 radical (unpaired) electrons. The summed E-state index contributed by atoms with van der Waals surface area (Å²) in [4.78, 5) is 11.1. The molecule has 1 unspecified atom stereocenters. The smallest absolute Gasteiger partial charge is 0.225 e. The van der Waals surface area contributed by atoms with E-state index < -0.39 is 0 Å². The summed E-state index contributed by atoms with van der Waals surface area (Å²) in [6, 6.07) is 0.465. The number of thioether (sulfide) groups is 1. The molecule has 1 atom stereocenters. The summed E-state index contributed by atoms with van der Waals surface area (Å²) in [5, 5.41) is 3.40. The van der Waals surface area contributed by atoms with Crippen LogP contribution < -0.4 is 10.2 Å². The molecule has 0 saturated heterocycles. The van der Waals surface area contributed by atoms with E-state index in [0.29, 0.717) is 12.0 Å². The lowest BCUT2D eigenvalue weighted by Crippen LogP contribution is -2.31. The van der Waals surface area contributed by atoms with Gasteiger partial charge in [0.1, 0.15) is 0 Å². The molecule has 0 fully saturated rings. The molecule has 0 aromatic carbocycles. The highest BCUT2D eigenvalue weighted by Gasteiger charge is 2.11. The molecule has 20 heavy (non-hydrogen) atoms. The van der Waals surface area contributed by atoms with Gasteiger partial charge in [0.15, 0.2) is 0 Å². The fourth-order valence-electron chi connectivity index (χ4n) is 1.81. The average molecular weight is 296 g/mol. The molecule has 5 heteroatoms. The summed E-state index contributed by atoms with van der Waals surface area (Å²) in [7, 11) is 2.07. The molecule has 1 rings (SSSR count). The van der Waals surface area contributed by atoms with E-state index in [4.69, 9.17) is 0 Å². The zero-order chi connectivity index (χ0) is 15.0. The minimum atomic E-state index is 0.465. The van der Waals surface area contributed by atoms with Gasteiger partial charge in [0, 0.05) is 37.6 Å². The van der Waals surface area contributed by atoms with Crippen LogP contribution in [0.3, 0.4) is 0 Å². The maximum absolute atomic E-state index is 4.47. The molecule has 0 saturated carbocycles. The van der Waals surface area contributed by atoms with E-state index in [2.05, 4.69) is 54.3 Å². The largest absolute Gasteiger partial charge is 0.341 e. The van der Waals surface area contributed by atoms with Crippen LogP contribution in [0.25, 0.3) is 0 Å². The fraction of sp³-hybridized carbons (Fsp3) is 0.733. The van der Waals surface area contributed by atoms with Gasteiger partial charge in [-0.25, -0.2) is 9.97 Å². The molecular weight excluding hydrogens is 268 g/mol. The Morgan fingerprint density at radius 3 is 2.45 bits per heavy atom. The highest BCUT2D eigenvalue weighted by atomic mass is 32.2. The van der Waals surface area contributed by atoms with Crippen molar-refractivity contribution < 1.29 is 0 Å². The Hall–Kier alpha value is -0.810. The van der Waals surface area contributed by atoms with Crippen molar-refractivity contribution in [3.63, 3.8) is 0 Å². The predicted molar refractivity (Wildman–Crippen MR) is 89.4 cm³/mol. The average Bonchev–Trinajstić information content (AvgIpc) is 2.44. The summed E-state index contributed by atoms with van der Waals surface area (Å²) in [5.41, 5.74) is 1.14. The highest BCUT2D eigenvalue weighted by Crippen LogP contribution is 2.12. The van der Waals surface area contributed by atoms with Crippen LogP contribution in [0.5, 0.6) is 0 Å². The van der Waals surface area contributed by atoms with Crippen molar-refractivity contribution in [2.24, 2.45) is 5.92 Å². The van der Waals surface area contributed by atoms with Crippen molar-refractivity contribution in [1.29, 1.82) is 0 Å². The van der Waals surface area contributed by atoms with Gasteiger partial charge in [0.25, 0.3) is 0 Å². The summed E-state index contributed by atoms with van der Waals surface area (Å²) in [6.45, 7) is 8.49. The molecule has 0 spiro atoms. The zero-order valence-electron chi connectivity index (χ0n) is 13.4. The Morgan fingerprint density at radius 1 is 1.25 bits per heavy atom. The van der Waals surface area contributed by atoms with E-state index in [-0.39, 0.29) is 0 Å². The molecule has 1 aromatic heterocycles. The number of nitrogens with zero attached hydrogens (tertiary/aromatic N) is 3. The number of anilines is 1. The molecule has 0 aliphatic rings. The zero-order valence-corrected chi connectivity index (χ0v) is 14.2. The van der Waals surface area contributed by atoms with E-state index in [0.717, 1.165) is 31.0 Å². The van der Waals surface area contributed by atoms with Crippen LogP contribution in [0.15, 0.2) is 12.4 Å². The van der Waals surface area contributed by atoms with E-state index in [1.54, 1.807) is 0 Å². The van der Waals surface area contributed by atoms with Gasteiger partial charge >= 0.3 is 0 Å². The van der Waals surface area contributed by atoms with Crippen molar-refractivity contribution in [2.75, 3.05) is 30.5 Å². The normalized spacial score (nSPS) is 12.7. The molecular formula is C15H28N4S. The number of hydrogen-bond acceptors (Lipinski definition) is 5. The van der Waals surface area contributed by atoms with Crippen molar-refractivity contribution in [2.45, 2.75) is 39.8 Å². The first-order chi connectivity index (χ1) is 9.54. The summed E-state index contributed by atoms with van der Waals surface area (Å²) >= 11 is 1.88. The topological polar surface area (TPSA) is 41.1 Å². The number of aromatic nitrogens is 2. The number of nitrogens with one attached hydrogen (secondary N) is 1. The van der Waals surface area contributed by atoms with Crippen LogP contribution >= 0.6 is 11.8 Å². The second-order valence-electron chi connectivity index (χ2n) is 5.66. The third-order valence-electron chi connectivity index (χ3n) is 3.29. The maximum Gasteiger partial charge on any atom is 0.225 e. The minimum Gasteiger partial charge on any atom is -0.341 e. The van der Waals surface area contributed by atoms with Gasteiger partial charge < -0.3 is 10.2 Å². The lowest BCUT2D eigenvalue weighted by Gasteiger charge is -2.24. The molecule has 0 bridgehead atoms. The molecule has 0 amide bonds. The van der Waals surface area contributed by atoms with E-state index in [9.17, 15) is 0 Å². The lowest BCUT2D eigenvalue weighted by atomic mass is 10.2. The predicted octanol–water partition coefficient (Wildman–Crippen LogP) is 2.80. The van der Waals surface area contributed by atoms with Crippen molar-refractivity contribution >= 4 is 17.7 Å². The van der Waals surface area contributed by atoms with Crippen molar-refractivity contribution in [3.05, 3.63) is 18.0 Å². The monoisotopic (exact) mass is 296 g/mol. The third kappa shape index (κ3) is 6.09. The second-order valence-corrected chi connectivity index (χ2v) is 6.64. The SMILES string of the molecule is CSCCC(C)N(C)c1ncc(CNCC(C)C)cn1. The summed E-state index contributed by atoms with van der Waals surface area (Å²) in [6.07, 6.45) is 7.14. The van der Waals surface area contributed by atoms with Crippen LogP contribution in [0.1, 0.15) is 32.8 Å². The number of rotatable bonds is 9. The van der Waals surface area contributed by atoms with E-state index in [1.165, 1.54) is 5.75 Å². The molecule has 0 aliphatic heterocycles. The van der Waals surface area contributed by atoms with Crippen LogP contribution in [-0.4, -0.2) is 41.6 Å². The molecule has 1 heterocycles. The minimum absolute atomic E-state index is 0.465. The highest BCUT2D eigenvalue weighted by molar-refractivity contribution is 7.98. The standard InChI is InChI=1S/C15H28N4S/c1-12(2)8-16-9-14-10-17-15(18-11-14)19(4)13(3)6-7-20-5/h10-13,16H,6-9H2,1-5H3. The van der Waals surface area contributed by atoms with Gasteiger partial charge in [-0.05, 0) is 37.8 Å². The van der Waals surface area contributed by atoms with Gasteiger partial charge in [0.05, 0.1) is 0 Å². The van der Waals surface area contributed by atoms with Crippen molar-refractivity contribution in [1.82, 2.24) is 15.3 Å². The Labute approximate surface area is 127 Å². The van der Waals surface area contributed by atoms with Gasteiger partial charge in [-0.2, -0.15) is 11.8 Å². The quantitative estimate of drug-likeness (QED) is 0.759. The van der Waals surface area contributed by atoms with Crippen LogP contribution in [-0.2, 0) is 6.54 Å². The van der Waals surface area contributed by atoms with Crippen LogP contribution in [0, 0.1) is 5.92 Å². The molecule has 1 N–H and O–H groups in total. The van der Waals surface area contributed by atoms with Gasteiger partial charge in [-0.1, -0.05) is 13.8 Å². The Kier molecular flexibility index (Phi) is 7.92. The van der Waals surface area contributed by atoms with E-state index >= 15 is 0 Å². The fourth-order valence-corrected chi connectivity index (χ4v) is 2.38. The van der Waals surface area contributed by atoms with E-state index in [1.807, 2.05) is 24.2 Å². The first-order valence-electron chi connectivity index (χ1n) is 7.28.